The van der Waals surface area contributed by atoms with E-state index in [1.165, 1.54) is 0 Å². The predicted molar refractivity (Wildman–Crippen MR) is 77.6 cm³/mol. The average Bonchev–Trinajstić information content (AvgIpc) is 2.88. The zero-order chi connectivity index (χ0) is 14.7. The van der Waals surface area contributed by atoms with Gasteiger partial charge < -0.3 is 9.84 Å². The number of esters is 1. The SMILES string of the molecule is CC#CCC(C)[C@H](O)C=C[C@@H]1[C@H]2CC(=O)O[C@H]2C[C@H]1C. The zero-order valence-electron chi connectivity index (χ0n) is 12.5. The van der Waals surface area contributed by atoms with Crippen LogP contribution >= 0.6 is 0 Å². The van der Waals surface area contributed by atoms with Crippen molar-refractivity contribution >= 4 is 5.97 Å². The van der Waals surface area contributed by atoms with E-state index >= 15 is 0 Å². The summed E-state index contributed by atoms with van der Waals surface area (Å²) in [5.74, 6) is 7.06. The van der Waals surface area contributed by atoms with Crippen molar-refractivity contribution in [3.63, 3.8) is 0 Å². The Kier molecular flexibility index (Phi) is 4.88. The lowest BCUT2D eigenvalue weighted by molar-refractivity contribution is -0.141. The number of allylic oxidation sites excluding steroid dienone is 1. The summed E-state index contributed by atoms with van der Waals surface area (Å²) >= 11 is 0. The molecule has 3 heteroatoms. The number of rotatable bonds is 4. The van der Waals surface area contributed by atoms with Gasteiger partial charge in [-0.2, -0.15) is 0 Å². The first-order valence-electron chi connectivity index (χ1n) is 7.48. The van der Waals surface area contributed by atoms with Gasteiger partial charge in [0, 0.05) is 12.3 Å². The number of ether oxygens (including phenoxy) is 1. The number of fused-ring (bicyclic) bond motifs is 1. The van der Waals surface area contributed by atoms with Gasteiger partial charge in [-0.05, 0) is 31.1 Å². The van der Waals surface area contributed by atoms with Crippen LogP contribution in [0.25, 0.3) is 0 Å². The van der Waals surface area contributed by atoms with E-state index in [0.29, 0.717) is 30.6 Å². The van der Waals surface area contributed by atoms with Crippen molar-refractivity contribution in [2.45, 2.75) is 52.2 Å². The summed E-state index contributed by atoms with van der Waals surface area (Å²) in [5, 5.41) is 10.1. The molecule has 1 heterocycles. The molecule has 20 heavy (non-hydrogen) atoms. The zero-order valence-corrected chi connectivity index (χ0v) is 12.5. The van der Waals surface area contributed by atoms with Crippen molar-refractivity contribution in [2.24, 2.45) is 23.7 Å². The Morgan fingerprint density at radius 3 is 3.00 bits per heavy atom. The molecule has 0 amide bonds. The molecule has 0 spiro atoms. The van der Waals surface area contributed by atoms with Crippen molar-refractivity contribution < 1.29 is 14.6 Å². The minimum Gasteiger partial charge on any atom is -0.462 e. The molecule has 1 aliphatic carbocycles. The van der Waals surface area contributed by atoms with E-state index in [-0.39, 0.29) is 18.0 Å². The molecule has 0 aromatic rings. The topological polar surface area (TPSA) is 46.5 Å². The number of hydrogen-bond acceptors (Lipinski definition) is 3. The monoisotopic (exact) mass is 276 g/mol. The summed E-state index contributed by atoms with van der Waals surface area (Å²) in [6, 6.07) is 0. The molecular weight excluding hydrogens is 252 g/mol. The van der Waals surface area contributed by atoms with E-state index in [1.54, 1.807) is 0 Å². The van der Waals surface area contributed by atoms with Crippen LogP contribution < -0.4 is 0 Å². The van der Waals surface area contributed by atoms with E-state index in [1.807, 2.05) is 19.9 Å². The van der Waals surface area contributed by atoms with Crippen LogP contribution in [0.2, 0.25) is 0 Å². The molecule has 2 fully saturated rings. The molecule has 1 saturated heterocycles. The van der Waals surface area contributed by atoms with Gasteiger partial charge in [0.25, 0.3) is 0 Å². The quantitative estimate of drug-likeness (QED) is 0.487. The second kappa shape index (κ2) is 6.45. The second-order valence-corrected chi connectivity index (χ2v) is 6.17. The summed E-state index contributed by atoms with van der Waals surface area (Å²) in [5.41, 5.74) is 0. The average molecular weight is 276 g/mol. The first kappa shape index (κ1) is 15.1. The van der Waals surface area contributed by atoms with E-state index in [9.17, 15) is 9.90 Å². The fourth-order valence-corrected chi connectivity index (χ4v) is 3.33. The number of carbonyl (C=O) groups is 1. The van der Waals surface area contributed by atoms with Crippen LogP contribution in [0.3, 0.4) is 0 Å². The number of hydrogen-bond donors (Lipinski definition) is 1. The predicted octanol–water partition coefficient (Wildman–Crippen LogP) is 2.54. The van der Waals surface area contributed by atoms with Crippen LogP contribution in [0.15, 0.2) is 12.2 Å². The second-order valence-electron chi connectivity index (χ2n) is 6.17. The molecule has 0 radical (unpaired) electrons. The summed E-state index contributed by atoms with van der Waals surface area (Å²) in [4.78, 5) is 11.4. The minimum absolute atomic E-state index is 0.0718. The molecule has 3 nitrogen and oxygen atoms in total. The van der Waals surface area contributed by atoms with Gasteiger partial charge >= 0.3 is 5.97 Å². The molecule has 2 rings (SSSR count). The van der Waals surface area contributed by atoms with Gasteiger partial charge in [0.1, 0.15) is 6.10 Å². The molecule has 110 valence electrons. The summed E-state index contributed by atoms with van der Waals surface area (Å²) in [7, 11) is 0. The standard InChI is InChI=1S/C17H24O3/c1-4-5-6-11(2)15(18)8-7-13-12(3)9-16-14(13)10-17(19)20-16/h7-8,11-16,18H,6,9-10H2,1-3H3/t11?,12-,13+,14-,15-,16+/m1/s1. The molecule has 6 atom stereocenters. The van der Waals surface area contributed by atoms with Gasteiger partial charge in [-0.1, -0.05) is 26.0 Å². The summed E-state index contributed by atoms with van der Waals surface area (Å²) in [6.45, 7) is 6.01. The van der Waals surface area contributed by atoms with E-state index in [4.69, 9.17) is 4.74 Å². The van der Waals surface area contributed by atoms with Gasteiger partial charge in [-0.15, -0.1) is 11.8 Å². The van der Waals surface area contributed by atoms with Gasteiger partial charge in [0.05, 0.1) is 12.5 Å². The Morgan fingerprint density at radius 1 is 1.55 bits per heavy atom. The molecule has 1 saturated carbocycles. The van der Waals surface area contributed by atoms with E-state index in [2.05, 4.69) is 24.8 Å². The molecule has 1 aliphatic heterocycles. The Morgan fingerprint density at radius 2 is 2.30 bits per heavy atom. The maximum Gasteiger partial charge on any atom is 0.306 e. The lowest BCUT2D eigenvalue weighted by Crippen LogP contribution is -2.17. The molecular formula is C17H24O3. The van der Waals surface area contributed by atoms with Crippen LogP contribution in [-0.2, 0) is 9.53 Å². The highest BCUT2D eigenvalue weighted by atomic mass is 16.6. The van der Waals surface area contributed by atoms with Crippen molar-refractivity contribution in [3.8, 4) is 11.8 Å². The van der Waals surface area contributed by atoms with Gasteiger partial charge in [-0.3, -0.25) is 4.79 Å². The molecule has 0 aromatic carbocycles. The number of aliphatic hydroxyl groups is 1. The normalized spacial score (nSPS) is 35.3. The van der Waals surface area contributed by atoms with Crippen LogP contribution in [0.1, 0.15) is 40.0 Å². The highest BCUT2D eigenvalue weighted by molar-refractivity contribution is 5.72. The largest absolute Gasteiger partial charge is 0.462 e. The lowest BCUT2D eigenvalue weighted by atomic mass is 9.87. The van der Waals surface area contributed by atoms with Crippen LogP contribution in [0.4, 0.5) is 0 Å². The minimum atomic E-state index is -0.472. The Balaban J connectivity index is 1.95. The van der Waals surface area contributed by atoms with Crippen molar-refractivity contribution in [3.05, 3.63) is 12.2 Å². The van der Waals surface area contributed by atoms with Crippen LogP contribution in [0.5, 0.6) is 0 Å². The molecule has 1 N–H and O–H groups in total. The van der Waals surface area contributed by atoms with Gasteiger partial charge in [-0.25, -0.2) is 0 Å². The first-order chi connectivity index (χ1) is 9.52. The maximum absolute atomic E-state index is 11.4. The third-order valence-electron chi connectivity index (χ3n) is 4.63. The Labute approximate surface area is 121 Å². The molecule has 2 aliphatic rings. The molecule has 1 unspecified atom stereocenters. The van der Waals surface area contributed by atoms with Crippen LogP contribution in [0, 0.1) is 35.5 Å². The maximum atomic E-state index is 11.4. The van der Waals surface area contributed by atoms with Gasteiger partial charge in [0.2, 0.25) is 0 Å². The number of carbonyl (C=O) groups excluding carboxylic acids is 1. The highest BCUT2D eigenvalue weighted by Gasteiger charge is 2.47. The van der Waals surface area contributed by atoms with E-state index in [0.717, 1.165) is 6.42 Å². The third kappa shape index (κ3) is 3.24. The van der Waals surface area contributed by atoms with Crippen molar-refractivity contribution in [2.75, 3.05) is 0 Å². The Bertz CT molecular complexity index is 443. The van der Waals surface area contributed by atoms with Crippen LogP contribution in [-0.4, -0.2) is 23.3 Å². The van der Waals surface area contributed by atoms with Crippen molar-refractivity contribution in [1.82, 2.24) is 0 Å². The summed E-state index contributed by atoms with van der Waals surface area (Å²) < 4.78 is 5.34. The summed E-state index contributed by atoms with van der Waals surface area (Å²) in [6.07, 6.45) is 5.77. The third-order valence-corrected chi connectivity index (χ3v) is 4.63. The fraction of sp³-hybridized carbons (Fsp3) is 0.706. The smallest absolute Gasteiger partial charge is 0.306 e. The molecule has 0 bridgehead atoms. The van der Waals surface area contributed by atoms with Gasteiger partial charge in [0.15, 0.2) is 0 Å². The van der Waals surface area contributed by atoms with E-state index < -0.39 is 6.10 Å². The lowest BCUT2D eigenvalue weighted by Gasteiger charge is -2.18. The Hall–Kier alpha value is -1.27. The van der Waals surface area contributed by atoms with Crippen molar-refractivity contribution in [1.29, 1.82) is 0 Å². The molecule has 0 aromatic heterocycles. The number of aliphatic hydroxyl groups excluding tert-OH is 1. The highest BCUT2D eigenvalue weighted by Crippen LogP contribution is 2.45. The first-order valence-corrected chi connectivity index (χ1v) is 7.48. The fourth-order valence-electron chi connectivity index (χ4n) is 3.33.